The summed E-state index contributed by atoms with van der Waals surface area (Å²) in [5, 5.41) is 6.37. The van der Waals surface area contributed by atoms with E-state index in [1.165, 1.54) is 12.3 Å². The molecule has 0 bridgehead atoms. The van der Waals surface area contributed by atoms with Gasteiger partial charge in [-0.3, -0.25) is 4.79 Å². The van der Waals surface area contributed by atoms with E-state index in [9.17, 15) is 4.79 Å². The van der Waals surface area contributed by atoms with E-state index >= 15 is 0 Å². The van der Waals surface area contributed by atoms with Crippen molar-refractivity contribution in [3.63, 3.8) is 0 Å². The Bertz CT molecular complexity index is 738. The quantitative estimate of drug-likeness (QED) is 0.759. The van der Waals surface area contributed by atoms with Crippen LogP contribution >= 0.6 is 0 Å². The Labute approximate surface area is 133 Å². The summed E-state index contributed by atoms with van der Waals surface area (Å²) in [6.07, 6.45) is 1.37. The first-order chi connectivity index (χ1) is 11.3. The molecule has 0 saturated carbocycles. The molecule has 2 aromatic carbocycles. The summed E-state index contributed by atoms with van der Waals surface area (Å²) in [5.41, 5.74) is 2.37. The monoisotopic (exact) mass is 308 g/mol. The number of carbonyl (C=O) groups excluding carboxylic acids is 1. The first-order valence-electron chi connectivity index (χ1n) is 7.25. The van der Waals surface area contributed by atoms with Crippen LogP contribution in [0.1, 0.15) is 21.6 Å². The highest BCUT2D eigenvalue weighted by molar-refractivity contribution is 5.91. The molecule has 23 heavy (non-hydrogen) atoms. The maximum absolute atomic E-state index is 11.7. The van der Waals surface area contributed by atoms with E-state index in [0.29, 0.717) is 13.2 Å². The van der Waals surface area contributed by atoms with Crippen LogP contribution in [0.3, 0.4) is 0 Å². The minimum absolute atomic E-state index is 0.261. The fraction of sp³-hybridized carbons (Fsp3) is 0.111. The van der Waals surface area contributed by atoms with E-state index in [2.05, 4.69) is 15.0 Å². The number of rotatable bonds is 6. The molecular weight excluding hydrogens is 292 g/mol. The van der Waals surface area contributed by atoms with Gasteiger partial charge in [-0.25, -0.2) is 0 Å². The molecule has 1 amide bonds. The van der Waals surface area contributed by atoms with E-state index in [0.717, 1.165) is 16.9 Å². The second-order valence-corrected chi connectivity index (χ2v) is 4.99. The number of carbonyl (C=O) groups is 1. The Morgan fingerprint density at radius 3 is 2.48 bits per heavy atom. The van der Waals surface area contributed by atoms with Gasteiger partial charge in [-0.1, -0.05) is 47.6 Å². The lowest BCUT2D eigenvalue weighted by atomic mass is 10.2. The van der Waals surface area contributed by atoms with Gasteiger partial charge in [0.25, 0.3) is 5.91 Å². The summed E-state index contributed by atoms with van der Waals surface area (Å²) in [4.78, 5) is 11.7. The average molecular weight is 308 g/mol. The third-order valence-electron chi connectivity index (χ3n) is 3.30. The maximum atomic E-state index is 11.7. The molecule has 0 saturated heterocycles. The zero-order chi connectivity index (χ0) is 15.9. The van der Waals surface area contributed by atoms with Crippen LogP contribution in [-0.4, -0.2) is 11.1 Å². The number of nitrogens with one attached hydrogen (secondary N) is 1. The largest absolute Gasteiger partial charge is 0.489 e. The lowest BCUT2D eigenvalue weighted by Gasteiger charge is -2.08. The van der Waals surface area contributed by atoms with Crippen LogP contribution in [0.5, 0.6) is 5.75 Å². The van der Waals surface area contributed by atoms with E-state index in [1.54, 1.807) is 0 Å². The minimum atomic E-state index is -0.261. The number of hydrogen-bond acceptors (Lipinski definition) is 4. The van der Waals surface area contributed by atoms with E-state index < -0.39 is 0 Å². The lowest BCUT2D eigenvalue weighted by molar-refractivity contribution is 0.0942. The predicted molar refractivity (Wildman–Crippen MR) is 84.9 cm³/mol. The van der Waals surface area contributed by atoms with Crippen LogP contribution in [0.15, 0.2) is 71.4 Å². The van der Waals surface area contributed by atoms with Crippen molar-refractivity contribution in [3.8, 4) is 5.75 Å². The molecule has 1 heterocycles. The average Bonchev–Trinajstić information content (AvgIpc) is 3.14. The Morgan fingerprint density at radius 1 is 1.00 bits per heavy atom. The Kier molecular flexibility index (Phi) is 4.69. The van der Waals surface area contributed by atoms with Crippen LogP contribution in [0.4, 0.5) is 0 Å². The summed E-state index contributed by atoms with van der Waals surface area (Å²) in [6.45, 7) is 0.952. The highest BCUT2D eigenvalue weighted by Gasteiger charge is 2.08. The second-order valence-electron chi connectivity index (χ2n) is 4.99. The molecule has 1 N–H and O–H groups in total. The summed E-state index contributed by atoms with van der Waals surface area (Å²) in [6, 6.07) is 19.1. The molecule has 5 nitrogen and oxygen atoms in total. The van der Waals surface area contributed by atoms with Crippen molar-refractivity contribution in [2.24, 2.45) is 0 Å². The first kappa shape index (κ1) is 14.8. The van der Waals surface area contributed by atoms with Crippen molar-refractivity contribution in [1.29, 1.82) is 0 Å². The van der Waals surface area contributed by atoms with Gasteiger partial charge in [-0.15, -0.1) is 0 Å². The summed E-state index contributed by atoms with van der Waals surface area (Å²) in [7, 11) is 0. The molecule has 0 spiro atoms. The van der Waals surface area contributed by atoms with Gasteiger partial charge in [0.15, 0.2) is 5.69 Å². The van der Waals surface area contributed by atoms with Crippen LogP contribution in [0.25, 0.3) is 0 Å². The second kappa shape index (κ2) is 7.26. The molecule has 0 aliphatic carbocycles. The van der Waals surface area contributed by atoms with E-state index in [1.807, 2.05) is 54.6 Å². The fourth-order valence-corrected chi connectivity index (χ4v) is 2.05. The van der Waals surface area contributed by atoms with Crippen molar-refractivity contribution >= 4 is 5.91 Å². The minimum Gasteiger partial charge on any atom is -0.489 e. The molecule has 0 atom stereocenters. The number of amides is 1. The van der Waals surface area contributed by atoms with Gasteiger partial charge < -0.3 is 14.6 Å². The molecule has 0 radical (unpaired) electrons. The molecule has 0 aliphatic rings. The molecule has 0 aliphatic heterocycles. The van der Waals surface area contributed by atoms with Gasteiger partial charge in [0.1, 0.15) is 18.6 Å². The molecule has 3 aromatic rings. The van der Waals surface area contributed by atoms with E-state index in [4.69, 9.17) is 4.74 Å². The summed E-state index contributed by atoms with van der Waals surface area (Å²) < 4.78 is 10.4. The Hall–Kier alpha value is -3.08. The van der Waals surface area contributed by atoms with Crippen LogP contribution in [0.2, 0.25) is 0 Å². The van der Waals surface area contributed by atoms with Crippen molar-refractivity contribution < 1.29 is 14.1 Å². The predicted octanol–water partition coefficient (Wildman–Crippen LogP) is 3.18. The number of aromatic nitrogens is 1. The standard InChI is InChI=1S/C18H16N2O3/c21-18(17-10-11-23-20-17)19-12-14-6-8-16(9-7-14)22-13-15-4-2-1-3-5-15/h1-11H,12-13H2,(H,19,21). The number of benzene rings is 2. The molecule has 116 valence electrons. The van der Waals surface area contributed by atoms with Crippen molar-refractivity contribution in [2.75, 3.05) is 0 Å². The number of ether oxygens (including phenoxy) is 1. The zero-order valence-corrected chi connectivity index (χ0v) is 12.4. The number of hydrogen-bond donors (Lipinski definition) is 1. The van der Waals surface area contributed by atoms with Gasteiger partial charge >= 0.3 is 0 Å². The van der Waals surface area contributed by atoms with Crippen LogP contribution in [-0.2, 0) is 13.2 Å². The van der Waals surface area contributed by atoms with Gasteiger partial charge in [0.05, 0.1) is 0 Å². The SMILES string of the molecule is O=C(NCc1ccc(OCc2ccccc2)cc1)c1ccon1. The lowest BCUT2D eigenvalue weighted by Crippen LogP contribution is -2.22. The smallest absolute Gasteiger partial charge is 0.273 e. The molecule has 0 unspecified atom stereocenters. The van der Waals surface area contributed by atoms with Crippen LogP contribution < -0.4 is 10.1 Å². The summed E-state index contributed by atoms with van der Waals surface area (Å²) in [5.74, 6) is 0.531. The van der Waals surface area contributed by atoms with Gasteiger partial charge in [-0.05, 0) is 23.3 Å². The zero-order valence-electron chi connectivity index (χ0n) is 12.4. The third kappa shape index (κ3) is 4.20. The topological polar surface area (TPSA) is 64.4 Å². The fourth-order valence-electron chi connectivity index (χ4n) is 2.05. The molecule has 0 fully saturated rings. The summed E-state index contributed by atoms with van der Waals surface area (Å²) >= 11 is 0. The van der Waals surface area contributed by atoms with E-state index in [-0.39, 0.29) is 11.6 Å². The Balaban J connectivity index is 1.50. The molecule has 1 aromatic heterocycles. The molecule has 5 heteroatoms. The van der Waals surface area contributed by atoms with Crippen LogP contribution in [0, 0.1) is 0 Å². The van der Waals surface area contributed by atoms with Gasteiger partial charge in [0.2, 0.25) is 0 Å². The van der Waals surface area contributed by atoms with Crippen molar-refractivity contribution in [1.82, 2.24) is 10.5 Å². The van der Waals surface area contributed by atoms with Gasteiger partial charge in [0, 0.05) is 12.6 Å². The van der Waals surface area contributed by atoms with Crippen molar-refractivity contribution in [2.45, 2.75) is 13.2 Å². The molecule has 3 rings (SSSR count). The molecular formula is C18H16N2O3. The maximum Gasteiger partial charge on any atom is 0.273 e. The highest BCUT2D eigenvalue weighted by atomic mass is 16.5. The Morgan fingerprint density at radius 2 is 1.78 bits per heavy atom. The third-order valence-corrected chi connectivity index (χ3v) is 3.30. The van der Waals surface area contributed by atoms with Crippen molar-refractivity contribution in [3.05, 3.63) is 83.7 Å². The number of nitrogens with zero attached hydrogens (tertiary/aromatic N) is 1. The normalized spacial score (nSPS) is 10.3. The highest BCUT2D eigenvalue weighted by Crippen LogP contribution is 2.14. The van der Waals surface area contributed by atoms with Gasteiger partial charge in [-0.2, -0.15) is 0 Å². The first-order valence-corrected chi connectivity index (χ1v) is 7.25.